The molecular weight excluding hydrogens is 293 g/mol. The first-order valence-electron chi connectivity index (χ1n) is 6.93. The number of Topliss-reactive ketones (excluding diaryl/α,β-unsaturated/α-hetero) is 1. The molecule has 1 saturated carbocycles. The monoisotopic (exact) mass is 306 g/mol. The summed E-state index contributed by atoms with van der Waals surface area (Å²) in [5.41, 5.74) is -1.31. The van der Waals surface area contributed by atoms with Gasteiger partial charge in [0.15, 0.2) is 5.78 Å². The lowest BCUT2D eigenvalue weighted by molar-refractivity contribution is -0.137. The topological polar surface area (TPSA) is 42.9 Å². The summed E-state index contributed by atoms with van der Waals surface area (Å²) in [7, 11) is 0. The third kappa shape index (κ3) is 2.38. The second kappa shape index (κ2) is 5.19. The lowest BCUT2D eigenvalue weighted by Crippen LogP contribution is -2.43. The minimum absolute atomic E-state index is 0.184. The smallest absolute Gasteiger partial charge is 0.291 e. The van der Waals surface area contributed by atoms with Crippen molar-refractivity contribution >= 4 is 5.78 Å². The number of pyridine rings is 2. The molecule has 114 valence electrons. The van der Waals surface area contributed by atoms with Gasteiger partial charge in [-0.25, -0.2) is 0 Å². The Kier molecular flexibility index (Phi) is 3.47. The molecule has 1 fully saturated rings. The van der Waals surface area contributed by atoms with Crippen molar-refractivity contribution in [2.45, 2.75) is 30.9 Å². The van der Waals surface area contributed by atoms with E-state index in [1.54, 1.807) is 18.2 Å². The molecule has 0 N–H and O–H groups in total. The van der Waals surface area contributed by atoms with Gasteiger partial charge < -0.3 is 0 Å². The molecule has 0 radical (unpaired) electrons. The van der Waals surface area contributed by atoms with Crippen LogP contribution in [0.25, 0.3) is 0 Å². The van der Waals surface area contributed by atoms with Crippen LogP contribution >= 0.6 is 0 Å². The molecule has 0 aromatic carbocycles. The maximum atomic E-state index is 12.9. The molecule has 2 heterocycles. The standard InChI is InChI=1S/C16H13F3N2O/c17-16(18,19)11-5-9-21-13(10-11)15(6-3-7-15)14(22)12-4-1-2-8-20-12/h1-2,4-5,8-10H,3,6-7H2. The van der Waals surface area contributed by atoms with Gasteiger partial charge in [0.1, 0.15) is 5.69 Å². The van der Waals surface area contributed by atoms with Gasteiger partial charge in [-0.05, 0) is 37.1 Å². The fraction of sp³-hybridized carbons (Fsp3) is 0.312. The molecule has 3 rings (SSSR count). The first-order valence-corrected chi connectivity index (χ1v) is 6.93. The summed E-state index contributed by atoms with van der Waals surface area (Å²) in [5, 5.41) is 0. The number of hydrogen-bond donors (Lipinski definition) is 0. The van der Waals surface area contributed by atoms with E-state index in [9.17, 15) is 18.0 Å². The summed E-state index contributed by atoms with van der Waals surface area (Å²) >= 11 is 0. The van der Waals surface area contributed by atoms with E-state index in [0.717, 1.165) is 24.8 Å². The average molecular weight is 306 g/mol. The molecular formula is C16H13F3N2O. The Morgan fingerprint density at radius 3 is 2.41 bits per heavy atom. The van der Waals surface area contributed by atoms with Gasteiger partial charge in [-0.2, -0.15) is 13.2 Å². The molecule has 3 nitrogen and oxygen atoms in total. The molecule has 0 bridgehead atoms. The van der Waals surface area contributed by atoms with E-state index in [4.69, 9.17) is 0 Å². The van der Waals surface area contributed by atoms with E-state index < -0.39 is 17.2 Å². The molecule has 0 atom stereocenters. The summed E-state index contributed by atoms with van der Waals surface area (Å²) in [6.45, 7) is 0. The second-order valence-electron chi connectivity index (χ2n) is 5.41. The minimum atomic E-state index is -4.45. The number of halogens is 3. The van der Waals surface area contributed by atoms with Crippen LogP contribution in [-0.4, -0.2) is 15.8 Å². The third-order valence-corrected chi connectivity index (χ3v) is 4.12. The number of aromatic nitrogens is 2. The zero-order valence-electron chi connectivity index (χ0n) is 11.6. The van der Waals surface area contributed by atoms with Crippen LogP contribution in [0.5, 0.6) is 0 Å². The van der Waals surface area contributed by atoms with E-state index in [1.807, 2.05) is 0 Å². The summed E-state index contributed by atoms with van der Waals surface area (Å²) in [4.78, 5) is 20.8. The molecule has 0 saturated heterocycles. The number of alkyl halides is 3. The largest absolute Gasteiger partial charge is 0.416 e. The fourth-order valence-electron chi connectivity index (χ4n) is 2.74. The number of hydrogen-bond acceptors (Lipinski definition) is 3. The highest BCUT2D eigenvalue weighted by molar-refractivity contribution is 6.03. The van der Waals surface area contributed by atoms with Crippen molar-refractivity contribution in [2.75, 3.05) is 0 Å². The highest BCUT2D eigenvalue weighted by atomic mass is 19.4. The van der Waals surface area contributed by atoms with Gasteiger partial charge in [-0.15, -0.1) is 0 Å². The Balaban J connectivity index is 2.03. The van der Waals surface area contributed by atoms with Crippen molar-refractivity contribution in [3.05, 3.63) is 59.7 Å². The molecule has 0 amide bonds. The van der Waals surface area contributed by atoms with Gasteiger partial charge in [0.05, 0.1) is 16.7 Å². The van der Waals surface area contributed by atoms with Crippen LogP contribution in [-0.2, 0) is 11.6 Å². The maximum Gasteiger partial charge on any atom is 0.416 e. The molecule has 0 aliphatic heterocycles. The van der Waals surface area contributed by atoms with E-state index in [0.29, 0.717) is 12.8 Å². The molecule has 2 aromatic heterocycles. The average Bonchev–Trinajstić information content (AvgIpc) is 2.46. The SMILES string of the molecule is O=C(c1ccccn1)C1(c2cc(C(F)(F)F)ccn2)CCC1. The van der Waals surface area contributed by atoms with Crippen LogP contribution in [0, 0.1) is 0 Å². The minimum Gasteiger partial charge on any atom is -0.291 e. The van der Waals surface area contributed by atoms with Gasteiger partial charge in [0, 0.05) is 12.4 Å². The number of nitrogens with zero attached hydrogens (tertiary/aromatic N) is 2. The van der Waals surface area contributed by atoms with Gasteiger partial charge >= 0.3 is 6.18 Å². The van der Waals surface area contributed by atoms with E-state index >= 15 is 0 Å². The van der Waals surface area contributed by atoms with Crippen molar-refractivity contribution in [2.24, 2.45) is 0 Å². The molecule has 2 aromatic rings. The molecule has 0 spiro atoms. The summed E-state index contributed by atoms with van der Waals surface area (Å²) in [6, 6.07) is 6.86. The van der Waals surface area contributed by atoms with Gasteiger partial charge in [0.2, 0.25) is 0 Å². The zero-order chi connectivity index (χ0) is 15.8. The Hall–Kier alpha value is -2.24. The molecule has 22 heavy (non-hydrogen) atoms. The number of rotatable bonds is 3. The van der Waals surface area contributed by atoms with Crippen LogP contribution < -0.4 is 0 Å². The van der Waals surface area contributed by atoms with Gasteiger partial charge in [0.25, 0.3) is 0 Å². The van der Waals surface area contributed by atoms with Gasteiger partial charge in [-0.1, -0.05) is 12.5 Å². The first kappa shape index (κ1) is 14.7. The number of ketones is 1. The maximum absolute atomic E-state index is 12.9. The predicted molar refractivity (Wildman–Crippen MR) is 73.3 cm³/mol. The summed E-state index contributed by atoms with van der Waals surface area (Å²) in [6.07, 6.45) is -0.0519. The van der Waals surface area contributed by atoms with Crippen molar-refractivity contribution < 1.29 is 18.0 Å². The van der Waals surface area contributed by atoms with Crippen LogP contribution in [0.3, 0.4) is 0 Å². The Labute approximate surface area is 125 Å². The van der Waals surface area contributed by atoms with Crippen molar-refractivity contribution in [3.8, 4) is 0 Å². The highest BCUT2D eigenvalue weighted by Gasteiger charge is 2.48. The third-order valence-electron chi connectivity index (χ3n) is 4.12. The predicted octanol–water partition coefficient (Wildman–Crippen LogP) is 3.80. The highest BCUT2D eigenvalue weighted by Crippen LogP contribution is 2.46. The second-order valence-corrected chi connectivity index (χ2v) is 5.41. The van der Waals surface area contributed by atoms with Crippen LogP contribution in [0.2, 0.25) is 0 Å². The fourth-order valence-corrected chi connectivity index (χ4v) is 2.74. The lowest BCUT2D eigenvalue weighted by Gasteiger charge is -2.39. The first-order chi connectivity index (χ1) is 10.4. The quantitative estimate of drug-likeness (QED) is 0.810. The normalized spacial score (nSPS) is 16.9. The zero-order valence-corrected chi connectivity index (χ0v) is 11.6. The number of carbonyl (C=O) groups excluding carboxylic acids is 1. The van der Waals surface area contributed by atoms with Crippen molar-refractivity contribution in [1.82, 2.24) is 9.97 Å². The molecule has 1 aliphatic rings. The van der Waals surface area contributed by atoms with Crippen LogP contribution in [0.1, 0.15) is 41.0 Å². The molecule has 6 heteroatoms. The van der Waals surface area contributed by atoms with E-state index in [1.165, 1.54) is 6.20 Å². The lowest BCUT2D eigenvalue weighted by atomic mass is 9.63. The van der Waals surface area contributed by atoms with Crippen molar-refractivity contribution in [1.29, 1.82) is 0 Å². The Morgan fingerprint density at radius 2 is 1.86 bits per heavy atom. The summed E-state index contributed by atoms with van der Waals surface area (Å²) < 4.78 is 38.6. The van der Waals surface area contributed by atoms with E-state index in [2.05, 4.69) is 9.97 Å². The summed E-state index contributed by atoms with van der Waals surface area (Å²) in [5.74, 6) is -0.258. The Bertz CT molecular complexity index is 694. The van der Waals surface area contributed by atoms with Crippen LogP contribution in [0.15, 0.2) is 42.7 Å². The number of carbonyl (C=O) groups is 1. The Morgan fingerprint density at radius 1 is 1.09 bits per heavy atom. The molecule has 0 unspecified atom stereocenters. The van der Waals surface area contributed by atoms with Crippen LogP contribution in [0.4, 0.5) is 13.2 Å². The van der Waals surface area contributed by atoms with Gasteiger partial charge in [-0.3, -0.25) is 14.8 Å². The van der Waals surface area contributed by atoms with E-state index in [-0.39, 0.29) is 17.2 Å². The molecule has 1 aliphatic carbocycles. The van der Waals surface area contributed by atoms with Crippen molar-refractivity contribution in [3.63, 3.8) is 0 Å².